The van der Waals surface area contributed by atoms with Crippen LogP contribution in [-0.2, 0) is 0 Å². The fourth-order valence-corrected chi connectivity index (χ4v) is 3.56. The molecule has 0 aliphatic rings. The molecule has 2 N–H and O–H groups in total. The summed E-state index contributed by atoms with van der Waals surface area (Å²) in [4.78, 5) is 19.4. The van der Waals surface area contributed by atoms with Crippen LogP contribution in [0.3, 0.4) is 0 Å². The number of rotatable bonds is 8. The number of carbonyl (C=O) groups is 1. The van der Waals surface area contributed by atoms with Gasteiger partial charge in [-0.05, 0) is 61.5 Å². The van der Waals surface area contributed by atoms with Crippen molar-refractivity contribution in [2.24, 2.45) is 0 Å². The molecule has 170 valence electrons. The Morgan fingerprint density at radius 3 is 2.61 bits per heavy atom. The van der Waals surface area contributed by atoms with Crippen molar-refractivity contribution in [2.45, 2.75) is 19.8 Å². The van der Waals surface area contributed by atoms with Crippen LogP contribution in [0.5, 0.6) is 0 Å². The fourth-order valence-electron chi connectivity index (χ4n) is 3.56. The highest BCUT2D eigenvalue weighted by atomic mass is 16.1. The van der Waals surface area contributed by atoms with Gasteiger partial charge in [0, 0.05) is 36.1 Å². The van der Waals surface area contributed by atoms with E-state index in [1.165, 1.54) is 5.56 Å². The van der Waals surface area contributed by atoms with Crippen molar-refractivity contribution in [1.29, 1.82) is 0 Å². The number of anilines is 2. The van der Waals surface area contributed by atoms with Gasteiger partial charge in [-0.3, -0.25) is 4.79 Å². The van der Waals surface area contributed by atoms with Crippen molar-refractivity contribution in [1.82, 2.24) is 24.8 Å². The Kier molecular flexibility index (Phi) is 6.70. The second-order valence-electron chi connectivity index (χ2n) is 8.68. The van der Waals surface area contributed by atoms with E-state index in [9.17, 15) is 4.79 Å². The van der Waals surface area contributed by atoms with Crippen LogP contribution in [0.1, 0.15) is 35.7 Å². The molecule has 4 rings (SSSR count). The topological polar surface area (TPSA) is 74.6 Å². The third-order valence-electron chi connectivity index (χ3n) is 5.50. The second kappa shape index (κ2) is 9.83. The number of amides is 1. The van der Waals surface area contributed by atoms with Gasteiger partial charge in [-0.1, -0.05) is 38.1 Å². The maximum absolute atomic E-state index is 12.6. The number of likely N-dealkylation sites (N-methyl/N-ethyl adjacent to an activating group) is 1. The highest BCUT2D eigenvalue weighted by molar-refractivity contribution is 5.96. The Labute approximate surface area is 194 Å². The minimum Gasteiger partial charge on any atom is -0.351 e. The molecular weight excluding hydrogens is 412 g/mol. The number of fused-ring (bicyclic) bond motifs is 1. The monoisotopic (exact) mass is 442 g/mol. The predicted molar refractivity (Wildman–Crippen MR) is 133 cm³/mol. The van der Waals surface area contributed by atoms with Crippen LogP contribution in [0.15, 0.2) is 67.0 Å². The van der Waals surface area contributed by atoms with E-state index in [2.05, 4.69) is 53.8 Å². The molecule has 0 radical (unpaired) electrons. The first-order valence-corrected chi connectivity index (χ1v) is 11.2. The Balaban J connectivity index is 1.57. The lowest BCUT2D eigenvalue weighted by atomic mass is 10.0. The summed E-state index contributed by atoms with van der Waals surface area (Å²) in [7, 11) is 3.96. The van der Waals surface area contributed by atoms with Crippen LogP contribution >= 0.6 is 0 Å². The molecule has 0 bridgehead atoms. The van der Waals surface area contributed by atoms with Crippen molar-refractivity contribution in [2.75, 3.05) is 32.5 Å². The molecule has 0 spiro atoms. The summed E-state index contributed by atoms with van der Waals surface area (Å²) >= 11 is 0. The summed E-state index contributed by atoms with van der Waals surface area (Å²) in [5, 5.41) is 10.8. The maximum Gasteiger partial charge on any atom is 0.251 e. The Morgan fingerprint density at radius 2 is 1.88 bits per heavy atom. The summed E-state index contributed by atoms with van der Waals surface area (Å²) in [6.07, 6.45) is 3.67. The molecule has 0 saturated heterocycles. The van der Waals surface area contributed by atoms with Crippen molar-refractivity contribution < 1.29 is 4.79 Å². The van der Waals surface area contributed by atoms with Crippen molar-refractivity contribution >= 4 is 23.1 Å². The van der Waals surface area contributed by atoms with Crippen LogP contribution in [0, 0.1) is 0 Å². The largest absolute Gasteiger partial charge is 0.351 e. The van der Waals surface area contributed by atoms with Crippen molar-refractivity contribution in [3.05, 3.63) is 78.1 Å². The molecule has 7 heteroatoms. The average Bonchev–Trinajstić information content (AvgIpc) is 3.22. The standard InChI is InChI=1S/C26H30N6O/c1-18(2)19-8-10-22(11-9-19)29-24-12-14-32-25(30-24)23(17-28-32)20-6-5-7-21(16-20)26(33)27-13-15-31(3)4/h5-12,14,16-18H,13,15H2,1-4H3,(H,27,33)(H,29,30). The van der Waals surface area contributed by atoms with Gasteiger partial charge in [0.15, 0.2) is 5.65 Å². The van der Waals surface area contributed by atoms with E-state index in [4.69, 9.17) is 4.98 Å². The highest BCUT2D eigenvalue weighted by Crippen LogP contribution is 2.26. The van der Waals surface area contributed by atoms with Crippen LogP contribution in [-0.4, -0.2) is 52.6 Å². The highest BCUT2D eigenvalue weighted by Gasteiger charge is 2.12. The number of benzene rings is 2. The Hall–Kier alpha value is -3.71. The summed E-state index contributed by atoms with van der Waals surface area (Å²) in [6, 6.07) is 17.9. The van der Waals surface area contributed by atoms with Crippen LogP contribution < -0.4 is 10.6 Å². The van der Waals surface area contributed by atoms with E-state index in [1.807, 2.05) is 55.5 Å². The number of aromatic nitrogens is 3. The van der Waals surface area contributed by atoms with Crippen LogP contribution in [0.25, 0.3) is 16.8 Å². The van der Waals surface area contributed by atoms with Gasteiger partial charge in [-0.25, -0.2) is 9.50 Å². The first-order valence-electron chi connectivity index (χ1n) is 11.2. The molecule has 33 heavy (non-hydrogen) atoms. The van der Waals surface area contributed by atoms with E-state index in [0.717, 1.165) is 34.8 Å². The van der Waals surface area contributed by atoms with Crippen molar-refractivity contribution in [3.8, 4) is 11.1 Å². The number of nitrogens with zero attached hydrogens (tertiary/aromatic N) is 4. The molecule has 0 unspecified atom stereocenters. The molecule has 0 aliphatic heterocycles. The minimum absolute atomic E-state index is 0.0877. The molecule has 0 saturated carbocycles. The lowest BCUT2D eigenvalue weighted by Crippen LogP contribution is -2.31. The van der Waals surface area contributed by atoms with E-state index in [1.54, 1.807) is 10.7 Å². The predicted octanol–water partition coefficient (Wildman–Crippen LogP) is 4.55. The number of carbonyl (C=O) groups excluding carboxylic acids is 1. The molecule has 0 atom stereocenters. The molecule has 0 fully saturated rings. The lowest BCUT2D eigenvalue weighted by Gasteiger charge is -2.11. The summed E-state index contributed by atoms with van der Waals surface area (Å²) in [5.74, 6) is 1.14. The minimum atomic E-state index is -0.0877. The SMILES string of the molecule is CC(C)c1ccc(Nc2ccn3ncc(-c4cccc(C(=O)NCCN(C)C)c4)c3n2)cc1. The summed E-state index contributed by atoms with van der Waals surface area (Å²) < 4.78 is 1.74. The third kappa shape index (κ3) is 5.38. The summed E-state index contributed by atoms with van der Waals surface area (Å²) in [6.45, 7) is 5.75. The molecule has 1 amide bonds. The Morgan fingerprint density at radius 1 is 1.09 bits per heavy atom. The van der Waals surface area contributed by atoms with Gasteiger partial charge in [0.1, 0.15) is 5.82 Å². The normalized spacial score (nSPS) is 11.3. The zero-order chi connectivity index (χ0) is 23.4. The average molecular weight is 443 g/mol. The van der Waals surface area contributed by atoms with Gasteiger partial charge in [0.25, 0.3) is 5.91 Å². The second-order valence-corrected chi connectivity index (χ2v) is 8.68. The van der Waals surface area contributed by atoms with E-state index in [-0.39, 0.29) is 5.91 Å². The zero-order valence-electron chi connectivity index (χ0n) is 19.5. The number of hydrogen-bond acceptors (Lipinski definition) is 5. The fraction of sp³-hybridized carbons (Fsp3) is 0.269. The molecule has 7 nitrogen and oxygen atoms in total. The van der Waals surface area contributed by atoms with E-state index < -0.39 is 0 Å². The van der Waals surface area contributed by atoms with Crippen LogP contribution in [0.2, 0.25) is 0 Å². The molecule has 2 aromatic carbocycles. The zero-order valence-corrected chi connectivity index (χ0v) is 19.5. The number of hydrogen-bond donors (Lipinski definition) is 2. The third-order valence-corrected chi connectivity index (χ3v) is 5.50. The van der Waals surface area contributed by atoms with E-state index >= 15 is 0 Å². The van der Waals surface area contributed by atoms with E-state index in [0.29, 0.717) is 18.0 Å². The summed E-state index contributed by atoms with van der Waals surface area (Å²) in [5.41, 5.74) is 5.39. The molecule has 4 aromatic rings. The lowest BCUT2D eigenvalue weighted by molar-refractivity contribution is 0.0951. The first kappa shape index (κ1) is 22.5. The van der Waals surface area contributed by atoms with Gasteiger partial charge < -0.3 is 15.5 Å². The van der Waals surface area contributed by atoms with Gasteiger partial charge >= 0.3 is 0 Å². The molecule has 2 aromatic heterocycles. The van der Waals surface area contributed by atoms with Crippen LogP contribution in [0.4, 0.5) is 11.5 Å². The molecular formula is C26H30N6O. The first-order chi connectivity index (χ1) is 15.9. The van der Waals surface area contributed by atoms with Gasteiger partial charge in [-0.2, -0.15) is 5.10 Å². The molecule has 2 heterocycles. The quantitative estimate of drug-likeness (QED) is 0.419. The van der Waals surface area contributed by atoms with Gasteiger partial charge in [0.2, 0.25) is 0 Å². The van der Waals surface area contributed by atoms with Gasteiger partial charge in [0.05, 0.1) is 6.20 Å². The Bertz CT molecular complexity index is 1240. The molecule has 0 aliphatic carbocycles. The number of nitrogens with one attached hydrogen (secondary N) is 2. The maximum atomic E-state index is 12.6. The van der Waals surface area contributed by atoms with Gasteiger partial charge in [-0.15, -0.1) is 0 Å². The smallest absolute Gasteiger partial charge is 0.251 e. The van der Waals surface area contributed by atoms with Crippen molar-refractivity contribution in [3.63, 3.8) is 0 Å².